The topological polar surface area (TPSA) is 137 Å². The number of sulfone groups is 1. The number of ether oxygens (including phenoxy) is 2. The number of nitrogens with zero attached hydrogens (tertiary/aromatic N) is 2. The Morgan fingerprint density at radius 2 is 1.67 bits per heavy atom. The summed E-state index contributed by atoms with van der Waals surface area (Å²) in [7, 11) is -3.73. The number of benzene rings is 3. The van der Waals surface area contributed by atoms with E-state index >= 15 is 0 Å². The molecule has 45 heavy (non-hydrogen) atoms. The van der Waals surface area contributed by atoms with Crippen molar-refractivity contribution in [3.63, 3.8) is 0 Å². The number of hydrogen-bond donors (Lipinski definition) is 2. The Kier molecular flexibility index (Phi) is 7.95. The summed E-state index contributed by atoms with van der Waals surface area (Å²) >= 11 is 0. The summed E-state index contributed by atoms with van der Waals surface area (Å²) < 4.78 is 106. The first-order valence-electron chi connectivity index (χ1n) is 13.0. The maximum Gasteiger partial charge on any atom is 0.586 e. The van der Waals surface area contributed by atoms with Crippen LogP contribution in [0.5, 0.6) is 11.5 Å². The van der Waals surface area contributed by atoms with Crippen LogP contribution in [0.15, 0.2) is 80.7 Å². The summed E-state index contributed by atoms with van der Waals surface area (Å²) in [6.45, 7) is 2.33. The van der Waals surface area contributed by atoms with Crippen molar-refractivity contribution in [2.24, 2.45) is 10.7 Å². The maximum absolute atomic E-state index is 13.7. The minimum absolute atomic E-state index is 0.0783. The van der Waals surface area contributed by atoms with E-state index in [1.807, 2.05) is 0 Å². The van der Waals surface area contributed by atoms with Gasteiger partial charge >= 0.3 is 12.5 Å². The van der Waals surface area contributed by atoms with E-state index in [2.05, 4.69) is 19.5 Å². The van der Waals surface area contributed by atoms with Crippen molar-refractivity contribution in [2.75, 3.05) is 6.26 Å². The van der Waals surface area contributed by atoms with Crippen LogP contribution in [0.2, 0.25) is 0 Å². The Hall–Kier alpha value is -4.76. The molecule has 0 fully saturated rings. The number of allylic oxidation sites excluding steroid dienone is 2. The van der Waals surface area contributed by atoms with Crippen LogP contribution in [0.3, 0.4) is 0 Å². The third-order valence-corrected chi connectivity index (χ3v) is 7.79. The summed E-state index contributed by atoms with van der Waals surface area (Å²) in [4.78, 5) is 8.64. The fourth-order valence-corrected chi connectivity index (χ4v) is 5.59. The van der Waals surface area contributed by atoms with E-state index in [1.165, 1.54) is 50.2 Å². The molecule has 3 N–H and O–H groups in total. The molecule has 3 aromatic carbocycles. The van der Waals surface area contributed by atoms with E-state index in [1.54, 1.807) is 18.2 Å². The van der Waals surface area contributed by atoms with Crippen molar-refractivity contribution < 1.29 is 49.4 Å². The highest BCUT2D eigenvalue weighted by molar-refractivity contribution is 7.90. The van der Waals surface area contributed by atoms with Crippen LogP contribution < -0.4 is 15.2 Å². The smallest absolute Gasteiger partial charge is 0.440 e. The molecule has 0 spiro atoms. The quantitative estimate of drug-likeness (QED) is 0.167. The highest BCUT2D eigenvalue weighted by Gasteiger charge is 2.43. The Labute approximate surface area is 253 Å². The Morgan fingerprint density at radius 3 is 2.33 bits per heavy atom. The summed E-state index contributed by atoms with van der Waals surface area (Å²) in [5.74, 6) is -0.213. The molecular weight excluding hydrogens is 625 g/mol. The van der Waals surface area contributed by atoms with Gasteiger partial charge in [-0.25, -0.2) is 13.4 Å². The van der Waals surface area contributed by atoms with Crippen molar-refractivity contribution >= 4 is 21.2 Å². The lowest BCUT2D eigenvalue weighted by atomic mass is 9.97. The molecule has 0 amide bonds. The number of aliphatic hydroxyl groups is 1. The number of rotatable bonds is 7. The summed E-state index contributed by atoms with van der Waals surface area (Å²) in [6, 6.07) is 13.0. The average molecular weight is 650 g/mol. The first-order chi connectivity index (χ1) is 20.9. The van der Waals surface area contributed by atoms with Gasteiger partial charge < -0.3 is 24.7 Å². The molecule has 1 aliphatic heterocycles. The van der Waals surface area contributed by atoms with E-state index in [0.29, 0.717) is 17.2 Å². The lowest BCUT2D eigenvalue weighted by Crippen LogP contribution is -2.25. The molecule has 4 aromatic rings. The van der Waals surface area contributed by atoms with E-state index in [0.717, 1.165) is 6.26 Å². The second-order valence-corrected chi connectivity index (χ2v) is 12.1. The van der Waals surface area contributed by atoms with Gasteiger partial charge in [-0.2, -0.15) is 13.2 Å². The molecule has 1 aliphatic rings. The summed E-state index contributed by atoms with van der Waals surface area (Å²) in [5, 5.41) is 9.66. The fourth-order valence-electron chi connectivity index (χ4n) is 4.64. The number of alkyl halides is 5. The molecule has 9 nitrogen and oxygen atoms in total. The van der Waals surface area contributed by atoms with Gasteiger partial charge in [-0.1, -0.05) is 18.2 Å². The number of aryl methyl sites for hydroxylation is 1. The van der Waals surface area contributed by atoms with Gasteiger partial charge in [0, 0.05) is 30.0 Å². The second kappa shape index (κ2) is 11.3. The number of nitrogens with two attached hydrogens (primary N) is 1. The van der Waals surface area contributed by atoms with Gasteiger partial charge in [0.15, 0.2) is 33.0 Å². The van der Waals surface area contributed by atoms with Crippen LogP contribution >= 0.6 is 0 Å². The van der Waals surface area contributed by atoms with Crippen LogP contribution in [0.25, 0.3) is 33.7 Å². The summed E-state index contributed by atoms with van der Waals surface area (Å²) in [5.41, 5.74) is 5.56. The molecular formula is C30H24F5N3O6S. The molecule has 0 radical (unpaired) electrons. The van der Waals surface area contributed by atoms with Gasteiger partial charge in [-0.05, 0) is 66.1 Å². The van der Waals surface area contributed by atoms with Crippen molar-refractivity contribution in [2.45, 2.75) is 37.8 Å². The van der Waals surface area contributed by atoms with E-state index in [4.69, 9.17) is 10.2 Å². The minimum atomic E-state index is -4.78. The van der Waals surface area contributed by atoms with Gasteiger partial charge in [0.1, 0.15) is 11.4 Å². The molecule has 5 rings (SSSR count). The molecule has 0 atom stereocenters. The number of hydrogen-bond acceptors (Lipinski definition) is 9. The van der Waals surface area contributed by atoms with E-state index < -0.39 is 34.6 Å². The SMILES string of the molecule is CC(C=C(N)C(F)(F)F)=Nc1ccc(-c2ccc(CO)c(S(C)(=O)=O)c2)cc1-c1oc(C)nc1-c1ccc2c(c1)OC(F)(F)O2. The normalized spacial score (nSPS) is 15.0. The highest BCUT2D eigenvalue weighted by atomic mass is 32.2. The first-order valence-corrected chi connectivity index (χ1v) is 14.9. The largest absolute Gasteiger partial charge is 0.586 e. The van der Waals surface area contributed by atoms with E-state index in [9.17, 15) is 35.5 Å². The van der Waals surface area contributed by atoms with Crippen molar-refractivity contribution in [1.82, 2.24) is 4.98 Å². The predicted octanol–water partition coefficient (Wildman–Crippen LogP) is 6.70. The third kappa shape index (κ3) is 6.68. The van der Waals surface area contributed by atoms with E-state index in [-0.39, 0.29) is 61.8 Å². The minimum Gasteiger partial charge on any atom is -0.440 e. The van der Waals surface area contributed by atoms with Crippen LogP contribution in [0, 0.1) is 6.92 Å². The van der Waals surface area contributed by atoms with Crippen LogP contribution in [-0.2, 0) is 16.4 Å². The number of fused-ring (bicyclic) bond motifs is 1. The third-order valence-electron chi connectivity index (χ3n) is 6.61. The number of halogens is 5. The molecule has 0 saturated carbocycles. The molecule has 0 saturated heterocycles. The summed E-state index contributed by atoms with van der Waals surface area (Å²) in [6.07, 6.45) is -6.98. The zero-order valence-electron chi connectivity index (χ0n) is 23.7. The predicted molar refractivity (Wildman–Crippen MR) is 154 cm³/mol. The lowest BCUT2D eigenvalue weighted by Gasteiger charge is -2.12. The van der Waals surface area contributed by atoms with Crippen LogP contribution in [-0.4, -0.2) is 42.9 Å². The molecule has 0 bridgehead atoms. The lowest BCUT2D eigenvalue weighted by molar-refractivity contribution is -0.286. The molecule has 15 heteroatoms. The zero-order valence-corrected chi connectivity index (χ0v) is 24.6. The van der Waals surface area contributed by atoms with Gasteiger partial charge in [0.05, 0.1) is 17.2 Å². The van der Waals surface area contributed by atoms with Crippen molar-refractivity contribution in [1.29, 1.82) is 0 Å². The average Bonchev–Trinajstić information content (AvgIpc) is 3.48. The first kappa shape index (κ1) is 31.7. The monoisotopic (exact) mass is 649 g/mol. The number of oxazole rings is 1. The number of aliphatic imine (C=N–C) groups is 1. The van der Waals surface area contributed by atoms with Crippen molar-refractivity contribution in [3.8, 4) is 45.2 Å². The zero-order chi connectivity index (χ0) is 32.9. The standard InChI is InChI=1S/C30H24F5N3O6S/c1-15(10-26(36)29(31,32)33)37-22-8-6-17(18-4-5-20(14-39)25(13-18)45(3,40)41)11-21(22)28-27(38-16(2)42-28)19-7-9-23-24(12-19)44-30(34,35)43-23/h4-13,39H,14,36H2,1-3H3. The van der Waals surface area contributed by atoms with Crippen molar-refractivity contribution in [3.05, 3.63) is 77.8 Å². The van der Waals surface area contributed by atoms with Crippen LogP contribution in [0.4, 0.5) is 27.6 Å². The van der Waals surface area contributed by atoms with Gasteiger partial charge in [-0.15, -0.1) is 8.78 Å². The molecule has 0 unspecified atom stereocenters. The molecule has 1 aromatic heterocycles. The number of aliphatic hydroxyl groups excluding tert-OH is 1. The van der Waals surface area contributed by atoms with Gasteiger partial charge in [0.2, 0.25) is 0 Å². The molecule has 0 aliphatic carbocycles. The highest BCUT2D eigenvalue weighted by Crippen LogP contribution is 2.46. The van der Waals surface area contributed by atoms with Gasteiger partial charge in [-0.3, -0.25) is 4.99 Å². The Balaban J connectivity index is 1.71. The molecule has 236 valence electrons. The Bertz CT molecular complexity index is 1980. The fraction of sp³-hybridized carbons (Fsp3) is 0.200. The van der Waals surface area contributed by atoms with Gasteiger partial charge in [0.25, 0.3) is 0 Å². The second-order valence-electron chi connectivity index (χ2n) is 10.1. The molecule has 2 heterocycles. The maximum atomic E-state index is 13.7. The Morgan fingerprint density at radius 1 is 1.02 bits per heavy atom. The number of aromatic nitrogens is 1. The van der Waals surface area contributed by atoms with Crippen LogP contribution in [0.1, 0.15) is 18.4 Å².